The van der Waals surface area contributed by atoms with Gasteiger partial charge < -0.3 is 10.1 Å². The third kappa shape index (κ3) is 3.64. The second kappa shape index (κ2) is 6.86. The van der Waals surface area contributed by atoms with Crippen LogP contribution in [0.4, 0.5) is 10.8 Å². The normalized spacial score (nSPS) is 10.6. The van der Waals surface area contributed by atoms with Gasteiger partial charge in [0, 0.05) is 5.69 Å². The zero-order valence-electron chi connectivity index (χ0n) is 13.4. The number of carbonyl (C=O) groups is 1. The van der Waals surface area contributed by atoms with E-state index in [0.29, 0.717) is 16.6 Å². The number of benzene rings is 2. The molecule has 4 N–H and O–H groups in total. The highest BCUT2D eigenvalue weighted by atomic mass is 32.1. The molecule has 0 unspecified atom stereocenters. The van der Waals surface area contributed by atoms with Crippen molar-refractivity contribution < 1.29 is 9.53 Å². The Morgan fingerprint density at radius 3 is 2.71 bits per heavy atom. The Labute approximate surface area is 143 Å². The van der Waals surface area contributed by atoms with Gasteiger partial charge in [-0.05, 0) is 43.7 Å². The summed E-state index contributed by atoms with van der Waals surface area (Å²) in [6.07, 6.45) is 0. The number of rotatable bonds is 5. The number of fused-ring (bicyclic) bond motifs is 1. The average Bonchev–Trinajstić information content (AvgIpc) is 2.98. The van der Waals surface area contributed by atoms with E-state index in [2.05, 4.69) is 15.7 Å². The monoisotopic (exact) mass is 342 g/mol. The summed E-state index contributed by atoms with van der Waals surface area (Å²) >= 11 is 1.43. The summed E-state index contributed by atoms with van der Waals surface area (Å²) in [5, 5.41) is 3.49. The molecule has 1 amide bonds. The number of hydrazine groups is 1. The molecule has 1 heterocycles. The molecule has 0 aliphatic carbocycles. The number of aromatic nitrogens is 1. The number of nitrogens with zero attached hydrogens (tertiary/aromatic N) is 1. The Kier molecular flexibility index (Phi) is 4.64. The summed E-state index contributed by atoms with van der Waals surface area (Å²) in [6, 6.07) is 11.3. The first kappa shape index (κ1) is 16.2. The van der Waals surface area contributed by atoms with E-state index in [1.165, 1.54) is 11.3 Å². The zero-order valence-corrected chi connectivity index (χ0v) is 14.2. The molecule has 2 aromatic carbocycles. The topological polar surface area (TPSA) is 89.3 Å². The number of thiazole rings is 1. The second-order valence-electron chi connectivity index (χ2n) is 5.45. The number of amides is 1. The van der Waals surface area contributed by atoms with Crippen LogP contribution in [0.15, 0.2) is 36.4 Å². The maximum Gasteiger partial charge on any atom is 0.262 e. The Morgan fingerprint density at radius 1 is 1.25 bits per heavy atom. The smallest absolute Gasteiger partial charge is 0.262 e. The molecule has 0 fully saturated rings. The van der Waals surface area contributed by atoms with Crippen LogP contribution in [-0.4, -0.2) is 17.5 Å². The van der Waals surface area contributed by atoms with Crippen LogP contribution in [0.1, 0.15) is 11.1 Å². The SMILES string of the molecule is Cc1ccc(OCC(=O)Nc2cc(C)c3nc(NN)sc3c2)cc1. The number of anilines is 2. The van der Waals surface area contributed by atoms with Crippen molar-refractivity contribution in [3.8, 4) is 5.75 Å². The van der Waals surface area contributed by atoms with Crippen molar-refractivity contribution in [2.75, 3.05) is 17.3 Å². The quantitative estimate of drug-likeness (QED) is 0.489. The van der Waals surface area contributed by atoms with Gasteiger partial charge in [0.05, 0.1) is 10.2 Å². The first-order valence-electron chi connectivity index (χ1n) is 7.42. The Morgan fingerprint density at radius 2 is 2.00 bits per heavy atom. The summed E-state index contributed by atoms with van der Waals surface area (Å²) in [6.45, 7) is 3.90. The van der Waals surface area contributed by atoms with Crippen LogP contribution in [0.3, 0.4) is 0 Å². The maximum absolute atomic E-state index is 12.1. The molecule has 24 heavy (non-hydrogen) atoms. The van der Waals surface area contributed by atoms with E-state index >= 15 is 0 Å². The van der Waals surface area contributed by atoms with Gasteiger partial charge in [0.2, 0.25) is 0 Å². The molecule has 0 atom stereocenters. The minimum Gasteiger partial charge on any atom is -0.484 e. The third-order valence-corrected chi connectivity index (χ3v) is 4.42. The standard InChI is InChI=1S/C17H18N4O2S/c1-10-3-5-13(6-4-10)23-9-15(22)19-12-7-11(2)16-14(8-12)24-17(20-16)21-18/h3-8H,9,18H2,1-2H3,(H,19,22)(H,20,21). The number of nitrogens with one attached hydrogen (secondary N) is 2. The van der Waals surface area contributed by atoms with Gasteiger partial charge in [0.1, 0.15) is 5.75 Å². The number of ether oxygens (including phenoxy) is 1. The van der Waals surface area contributed by atoms with Crippen molar-refractivity contribution in [3.63, 3.8) is 0 Å². The number of aryl methyl sites for hydroxylation is 2. The molecule has 124 valence electrons. The molecule has 7 heteroatoms. The molecule has 3 aromatic rings. The summed E-state index contributed by atoms with van der Waals surface area (Å²) < 4.78 is 6.44. The molecule has 1 aromatic heterocycles. The van der Waals surface area contributed by atoms with Crippen molar-refractivity contribution >= 4 is 38.3 Å². The predicted octanol–water partition coefficient (Wildman–Crippen LogP) is 3.22. The fraction of sp³-hybridized carbons (Fsp3) is 0.176. The Bertz CT molecular complexity index is 874. The van der Waals surface area contributed by atoms with Crippen LogP contribution in [0.2, 0.25) is 0 Å². The van der Waals surface area contributed by atoms with Gasteiger partial charge in [-0.1, -0.05) is 29.0 Å². The van der Waals surface area contributed by atoms with E-state index in [0.717, 1.165) is 21.3 Å². The highest BCUT2D eigenvalue weighted by Crippen LogP contribution is 2.30. The van der Waals surface area contributed by atoms with Crippen LogP contribution >= 0.6 is 11.3 Å². The van der Waals surface area contributed by atoms with Crippen LogP contribution < -0.4 is 21.3 Å². The molecular formula is C17H18N4O2S. The van der Waals surface area contributed by atoms with Crippen molar-refractivity contribution in [1.82, 2.24) is 4.98 Å². The van der Waals surface area contributed by atoms with Crippen LogP contribution in [-0.2, 0) is 4.79 Å². The first-order chi connectivity index (χ1) is 11.5. The van der Waals surface area contributed by atoms with Crippen molar-refractivity contribution in [3.05, 3.63) is 47.5 Å². The van der Waals surface area contributed by atoms with Crippen molar-refractivity contribution in [2.24, 2.45) is 5.84 Å². The predicted molar refractivity (Wildman–Crippen MR) is 97.5 cm³/mol. The van der Waals surface area contributed by atoms with Gasteiger partial charge in [0.25, 0.3) is 5.91 Å². The second-order valence-corrected chi connectivity index (χ2v) is 6.48. The number of carbonyl (C=O) groups excluding carboxylic acids is 1. The lowest BCUT2D eigenvalue weighted by atomic mass is 10.2. The lowest BCUT2D eigenvalue weighted by molar-refractivity contribution is -0.118. The van der Waals surface area contributed by atoms with Gasteiger partial charge in [-0.25, -0.2) is 10.8 Å². The van der Waals surface area contributed by atoms with E-state index < -0.39 is 0 Å². The molecule has 0 radical (unpaired) electrons. The lowest BCUT2D eigenvalue weighted by Crippen LogP contribution is -2.20. The van der Waals surface area contributed by atoms with E-state index in [1.54, 1.807) is 0 Å². The molecule has 0 aliphatic heterocycles. The molecule has 0 saturated heterocycles. The summed E-state index contributed by atoms with van der Waals surface area (Å²) in [5.41, 5.74) is 6.25. The van der Waals surface area contributed by atoms with E-state index in [-0.39, 0.29) is 12.5 Å². The largest absolute Gasteiger partial charge is 0.484 e. The molecule has 0 bridgehead atoms. The van der Waals surface area contributed by atoms with Gasteiger partial charge in [0.15, 0.2) is 11.7 Å². The van der Waals surface area contributed by atoms with Crippen LogP contribution in [0.25, 0.3) is 10.2 Å². The van der Waals surface area contributed by atoms with Crippen molar-refractivity contribution in [2.45, 2.75) is 13.8 Å². The summed E-state index contributed by atoms with van der Waals surface area (Å²) in [5.74, 6) is 5.86. The molecule has 6 nitrogen and oxygen atoms in total. The lowest BCUT2D eigenvalue weighted by Gasteiger charge is -2.08. The average molecular weight is 342 g/mol. The Hall–Kier alpha value is -2.64. The van der Waals surface area contributed by atoms with Gasteiger partial charge in [-0.3, -0.25) is 10.2 Å². The first-order valence-corrected chi connectivity index (χ1v) is 8.24. The van der Waals surface area contributed by atoms with Crippen LogP contribution in [0, 0.1) is 13.8 Å². The highest BCUT2D eigenvalue weighted by Gasteiger charge is 2.10. The van der Waals surface area contributed by atoms with Crippen LogP contribution in [0.5, 0.6) is 5.75 Å². The Balaban J connectivity index is 1.67. The number of nitrogen functional groups attached to an aromatic ring is 1. The minimum absolute atomic E-state index is 0.0432. The van der Waals surface area contributed by atoms with Gasteiger partial charge >= 0.3 is 0 Å². The van der Waals surface area contributed by atoms with Gasteiger partial charge in [-0.2, -0.15) is 0 Å². The third-order valence-electron chi connectivity index (χ3n) is 3.48. The highest BCUT2D eigenvalue weighted by molar-refractivity contribution is 7.22. The molecule has 0 spiro atoms. The fourth-order valence-electron chi connectivity index (χ4n) is 2.31. The number of hydrogen-bond donors (Lipinski definition) is 3. The van der Waals surface area contributed by atoms with E-state index in [1.807, 2.05) is 50.2 Å². The minimum atomic E-state index is -0.212. The van der Waals surface area contributed by atoms with Crippen molar-refractivity contribution in [1.29, 1.82) is 0 Å². The van der Waals surface area contributed by atoms with E-state index in [9.17, 15) is 4.79 Å². The molecule has 0 saturated carbocycles. The maximum atomic E-state index is 12.1. The van der Waals surface area contributed by atoms with E-state index in [4.69, 9.17) is 10.6 Å². The molecule has 0 aliphatic rings. The number of nitrogens with two attached hydrogens (primary N) is 1. The molecule has 3 rings (SSSR count). The summed E-state index contributed by atoms with van der Waals surface area (Å²) in [4.78, 5) is 16.5. The van der Waals surface area contributed by atoms with Gasteiger partial charge in [-0.15, -0.1) is 0 Å². The zero-order chi connectivity index (χ0) is 17.1. The summed E-state index contributed by atoms with van der Waals surface area (Å²) in [7, 11) is 0. The molecular weight excluding hydrogens is 324 g/mol. The number of hydrogen-bond acceptors (Lipinski definition) is 6. The fourth-order valence-corrected chi connectivity index (χ4v) is 3.20.